The van der Waals surface area contributed by atoms with Gasteiger partial charge < -0.3 is 23.7 Å². The first-order valence-corrected chi connectivity index (χ1v) is 9.07. The Morgan fingerprint density at radius 3 is 2.78 bits per heavy atom. The van der Waals surface area contributed by atoms with Crippen LogP contribution in [-0.4, -0.2) is 38.5 Å². The molecule has 1 saturated heterocycles. The number of ketones is 1. The van der Waals surface area contributed by atoms with Crippen molar-refractivity contribution in [3.05, 3.63) is 48.3 Å². The summed E-state index contributed by atoms with van der Waals surface area (Å²) in [5, 5.41) is 0. The van der Waals surface area contributed by atoms with Crippen molar-refractivity contribution in [1.82, 2.24) is 0 Å². The Hall–Kier alpha value is -2.31. The highest BCUT2D eigenvalue weighted by Gasteiger charge is 2.63. The highest BCUT2D eigenvalue weighted by atomic mass is 16.7. The van der Waals surface area contributed by atoms with E-state index < -0.39 is 11.7 Å². The third-order valence-corrected chi connectivity index (χ3v) is 5.94. The Morgan fingerprint density at radius 2 is 2.07 bits per heavy atom. The second-order valence-electron chi connectivity index (χ2n) is 7.12. The molecule has 0 aromatic heterocycles. The number of carbonyl (C=O) groups excluding carboxylic acids is 1. The molecule has 2 aliphatic heterocycles. The summed E-state index contributed by atoms with van der Waals surface area (Å²) < 4.78 is 29.0. The van der Waals surface area contributed by atoms with Gasteiger partial charge in [0, 0.05) is 19.1 Å². The first kappa shape index (κ1) is 18.1. The summed E-state index contributed by atoms with van der Waals surface area (Å²) in [5.74, 6) is 1.47. The molecule has 3 aliphatic rings. The number of rotatable bonds is 5. The first-order valence-electron chi connectivity index (χ1n) is 9.07. The number of allylic oxidation sites excluding steroid dienone is 2. The van der Waals surface area contributed by atoms with E-state index >= 15 is 0 Å². The van der Waals surface area contributed by atoms with Crippen molar-refractivity contribution in [2.45, 2.75) is 31.2 Å². The molecule has 0 radical (unpaired) electrons. The van der Waals surface area contributed by atoms with E-state index in [0.29, 0.717) is 17.9 Å². The van der Waals surface area contributed by atoms with E-state index in [1.165, 1.54) is 0 Å². The third-order valence-electron chi connectivity index (χ3n) is 5.94. The van der Waals surface area contributed by atoms with Gasteiger partial charge in [-0.05, 0) is 24.1 Å². The van der Waals surface area contributed by atoms with Crippen LogP contribution in [0.4, 0.5) is 0 Å². The molecule has 0 bridgehead atoms. The number of hydrogen-bond donors (Lipinski definition) is 0. The van der Waals surface area contributed by atoms with E-state index in [9.17, 15) is 4.79 Å². The zero-order valence-electron chi connectivity index (χ0n) is 15.8. The Bertz CT molecular complexity index is 800. The fraction of sp³-hybridized carbons (Fsp3) is 0.476. The SMILES string of the molecule is C=CC[C@H]1C(=O)C=C(OC)[C@]2(OC)[C@H](C)[C@@H](c3ccc4c(c3)OCO4)O[C@@H]12. The number of ether oxygens (including phenoxy) is 5. The minimum absolute atomic E-state index is 0.0250. The van der Waals surface area contributed by atoms with Crippen LogP contribution in [0.3, 0.4) is 0 Å². The van der Waals surface area contributed by atoms with Crippen LogP contribution in [0.1, 0.15) is 25.0 Å². The Morgan fingerprint density at radius 1 is 1.30 bits per heavy atom. The van der Waals surface area contributed by atoms with Gasteiger partial charge in [-0.25, -0.2) is 0 Å². The highest BCUT2D eigenvalue weighted by molar-refractivity contribution is 5.94. The molecule has 0 spiro atoms. The van der Waals surface area contributed by atoms with Crippen molar-refractivity contribution in [3.8, 4) is 11.5 Å². The van der Waals surface area contributed by atoms with Crippen LogP contribution >= 0.6 is 0 Å². The summed E-state index contributed by atoms with van der Waals surface area (Å²) in [6.45, 7) is 6.08. The molecule has 144 valence electrons. The van der Waals surface area contributed by atoms with Gasteiger partial charge in [-0.1, -0.05) is 19.1 Å². The minimum atomic E-state index is -0.836. The minimum Gasteiger partial charge on any atom is -0.498 e. The standard InChI is InChI=1S/C21H24O6/c1-5-6-14-15(22)10-18(23-3)21(24-4)12(2)19(27-20(14)21)13-7-8-16-17(9-13)26-11-25-16/h5,7-10,12,14,19-20H,1,6,11H2,2-4H3/t12-,14+,19+,20+,21-/m1/s1. The maximum atomic E-state index is 12.7. The van der Waals surface area contributed by atoms with Gasteiger partial charge in [0.05, 0.1) is 19.1 Å². The molecule has 2 heterocycles. The maximum absolute atomic E-state index is 12.7. The molecular formula is C21H24O6. The van der Waals surface area contributed by atoms with Gasteiger partial charge >= 0.3 is 0 Å². The fourth-order valence-electron chi connectivity index (χ4n) is 4.62. The summed E-state index contributed by atoms with van der Waals surface area (Å²) in [5.41, 5.74) is 0.120. The molecule has 1 aromatic carbocycles. The zero-order chi connectivity index (χ0) is 19.2. The Kier molecular flexibility index (Phi) is 4.48. The summed E-state index contributed by atoms with van der Waals surface area (Å²) in [6.07, 6.45) is 3.08. The maximum Gasteiger partial charge on any atom is 0.231 e. The second-order valence-corrected chi connectivity index (χ2v) is 7.12. The lowest BCUT2D eigenvalue weighted by Gasteiger charge is -2.42. The molecule has 0 saturated carbocycles. The van der Waals surface area contributed by atoms with Crippen LogP contribution in [0.25, 0.3) is 0 Å². The van der Waals surface area contributed by atoms with Crippen LogP contribution in [0.2, 0.25) is 0 Å². The molecule has 1 fully saturated rings. The summed E-state index contributed by atoms with van der Waals surface area (Å²) >= 11 is 0. The molecule has 0 unspecified atom stereocenters. The molecule has 5 atom stereocenters. The van der Waals surface area contributed by atoms with Crippen molar-refractivity contribution in [3.63, 3.8) is 0 Å². The van der Waals surface area contributed by atoms with E-state index in [1.807, 2.05) is 18.2 Å². The van der Waals surface area contributed by atoms with E-state index in [2.05, 4.69) is 13.5 Å². The fourth-order valence-corrected chi connectivity index (χ4v) is 4.62. The number of benzene rings is 1. The van der Waals surface area contributed by atoms with Crippen LogP contribution in [0, 0.1) is 11.8 Å². The van der Waals surface area contributed by atoms with Gasteiger partial charge in [0.1, 0.15) is 11.9 Å². The molecule has 6 nitrogen and oxygen atoms in total. The summed E-state index contributed by atoms with van der Waals surface area (Å²) in [4.78, 5) is 12.7. The summed E-state index contributed by atoms with van der Waals surface area (Å²) in [6, 6.07) is 5.79. The molecule has 4 rings (SSSR count). The van der Waals surface area contributed by atoms with Crippen LogP contribution in [0.15, 0.2) is 42.7 Å². The van der Waals surface area contributed by atoms with Gasteiger partial charge in [0.15, 0.2) is 22.9 Å². The lowest BCUT2D eigenvalue weighted by molar-refractivity contribution is -0.141. The quantitative estimate of drug-likeness (QED) is 0.740. The summed E-state index contributed by atoms with van der Waals surface area (Å²) in [7, 11) is 3.20. The number of fused-ring (bicyclic) bond motifs is 2. The van der Waals surface area contributed by atoms with Crippen molar-refractivity contribution >= 4 is 5.78 Å². The predicted octanol–water partition coefficient (Wildman–Crippen LogP) is 3.18. The molecule has 0 N–H and O–H groups in total. The van der Waals surface area contributed by atoms with E-state index in [4.69, 9.17) is 23.7 Å². The number of methoxy groups -OCH3 is 2. The third kappa shape index (κ3) is 2.51. The van der Waals surface area contributed by atoms with Crippen LogP contribution < -0.4 is 9.47 Å². The van der Waals surface area contributed by atoms with Gasteiger partial charge in [-0.2, -0.15) is 0 Å². The number of hydrogen-bond acceptors (Lipinski definition) is 6. The molecule has 6 heteroatoms. The predicted molar refractivity (Wildman–Crippen MR) is 97.5 cm³/mol. The topological polar surface area (TPSA) is 63.2 Å². The molecule has 1 aliphatic carbocycles. The Labute approximate surface area is 158 Å². The van der Waals surface area contributed by atoms with Crippen molar-refractivity contribution < 1.29 is 28.5 Å². The van der Waals surface area contributed by atoms with Gasteiger partial charge in [0.2, 0.25) is 6.79 Å². The van der Waals surface area contributed by atoms with Crippen molar-refractivity contribution in [1.29, 1.82) is 0 Å². The van der Waals surface area contributed by atoms with E-state index in [1.54, 1.807) is 26.4 Å². The van der Waals surface area contributed by atoms with Crippen LogP contribution in [-0.2, 0) is 19.0 Å². The average molecular weight is 372 g/mol. The van der Waals surface area contributed by atoms with Gasteiger partial charge in [-0.15, -0.1) is 6.58 Å². The van der Waals surface area contributed by atoms with E-state index in [-0.39, 0.29) is 30.5 Å². The Balaban J connectivity index is 1.78. The largest absolute Gasteiger partial charge is 0.498 e. The van der Waals surface area contributed by atoms with Gasteiger partial charge in [0.25, 0.3) is 0 Å². The van der Waals surface area contributed by atoms with Crippen LogP contribution in [0.5, 0.6) is 11.5 Å². The second kappa shape index (κ2) is 6.69. The molecular weight excluding hydrogens is 348 g/mol. The zero-order valence-corrected chi connectivity index (χ0v) is 15.8. The molecule has 0 amide bonds. The highest BCUT2D eigenvalue weighted by Crippen LogP contribution is 2.55. The lowest BCUT2D eigenvalue weighted by Crippen LogP contribution is -2.54. The van der Waals surface area contributed by atoms with E-state index in [0.717, 1.165) is 11.3 Å². The first-order chi connectivity index (χ1) is 13.1. The smallest absolute Gasteiger partial charge is 0.231 e. The molecule has 27 heavy (non-hydrogen) atoms. The number of carbonyl (C=O) groups is 1. The van der Waals surface area contributed by atoms with Crippen molar-refractivity contribution in [2.24, 2.45) is 11.8 Å². The monoisotopic (exact) mass is 372 g/mol. The van der Waals surface area contributed by atoms with Crippen molar-refractivity contribution in [2.75, 3.05) is 21.0 Å². The molecule has 1 aromatic rings. The normalized spacial score (nSPS) is 34.2. The lowest BCUT2D eigenvalue weighted by atomic mass is 9.71. The average Bonchev–Trinajstić information content (AvgIpc) is 3.26. The van der Waals surface area contributed by atoms with Gasteiger partial charge in [-0.3, -0.25) is 4.79 Å².